The SMILES string of the molecule is Nc1nc(N)nc(-c2ccc(Cl)o2)n1. The molecule has 7 heteroatoms. The second-order valence-corrected chi connectivity index (χ2v) is 2.85. The van der Waals surface area contributed by atoms with Crippen LogP contribution < -0.4 is 11.5 Å². The molecule has 0 aromatic carbocycles. The molecule has 14 heavy (non-hydrogen) atoms. The number of nitrogens with zero attached hydrogens (tertiary/aromatic N) is 3. The van der Waals surface area contributed by atoms with Crippen molar-refractivity contribution < 1.29 is 4.42 Å². The minimum absolute atomic E-state index is 0.0417. The van der Waals surface area contributed by atoms with Gasteiger partial charge in [-0.3, -0.25) is 0 Å². The molecular weight excluding hydrogens is 206 g/mol. The van der Waals surface area contributed by atoms with E-state index in [9.17, 15) is 0 Å². The summed E-state index contributed by atoms with van der Waals surface area (Å²) in [5.41, 5.74) is 10.8. The molecule has 2 heterocycles. The number of halogens is 1. The van der Waals surface area contributed by atoms with Crippen molar-refractivity contribution in [3.8, 4) is 11.6 Å². The molecule has 0 aliphatic carbocycles. The topological polar surface area (TPSA) is 104 Å². The maximum absolute atomic E-state index is 5.59. The second kappa shape index (κ2) is 3.15. The predicted octanol–water partition coefficient (Wildman–Crippen LogP) is 0.949. The average Bonchev–Trinajstić information content (AvgIpc) is 2.50. The lowest BCUT2D eigenvalue weighted by Gasteiger charge is -1.97. The molecule has 0 fully saturated rings. The number of nitrogen functional groups attached to an aromatic ring is 2. The highest BCUT2D eigenvalue weighted by molar-refractivity contribution is 6.28. The van der Waals surface area contributed by atoms with Crippen LogP contribution in [-0.4, -0.2) is 15.0 Å². The maximum atomic E-state index is 5.59. The van der Waals surface area contributed by atoms with Crippen LogP contribution in [0.5, 0.6) is 0 Å². The van der Waals surface area contributed by atoms with Crippen LogP contribution in [0.4, 0.5) is 11.9 Å². The molecule has 0 bridgehead atoms. The van der Waals surface area contributed by atoms with Crippen molar-refractivity contribution in [3.05, 3.63) is 17.4 Å². The van der Waals surface area contributed by atoms with Crippen LogP contribution in [0.15, 0.2) is 16.5 Å². The Morgan fingerprint density at radius 2 is 1.71 bits per heavy atom. The molecule has 0 aliphatic heterocycles. The van der Waals surface area contributed by atoms with E-state index >= 15 is 0 Å². The highest BCUT2D eigenvalue weighted by atomic mass is 35.5. The Kier molecular flexibility index (Phi) is 1.97. The van der Waals surface area contributed by atoms with Gasteiger partial charge in [0.25, 0.3) is 0 Å². The number of anilines is 2. The summed E-state index contributed by atoms with van der Waals surface area (Å²) in [4.78, 5) is 11.3. The third-order valence-electron chi connectivity index (χ3n) is 1.46. The third-order valence-corrected chi connectivity index (χ3v) is 1.67. The second-order valence-electron chi connectivity index (χ2n) is 2.48. The molecule has 0 unspecified atom stereocenters. The number of hydrogen-bond acceptors (Lipinski definition) is 6. The smallest absolute Gasteiger partial charge is 0.225 e. The Bertz CT molecular complexity index is 449. The first-order valence-electron chi connectivity index (χ1n) is 3.68. The van der Waals surface area contributed by atoms with E-state index in [0.29, 0.717) is 5.76 Å². The zero-order valence-corrected chi connectivity index (χ0v) is 7.69. The van der Waals surface area contributed by atoms with E-state index in [4.69, 9.17) is 27.5 Å². The van der Waals surface area contributed by atoms with Gasteiger partial charge in [-0.2, -0.15) is 15.0 Å². The lowest BCUT2D eigenvalue weighted by atomic mass is 10.4. The van der Waals surface area contributed by atoms with Gasteiger partial charge in [0.2, 0.25) is 17.7 Å². The highest BCUT2D eigenvalue weighted by Gasteiger charge is 2.08. The molecule has 2 rings (SSSR count). The molecule has 72 valence electrons. The van der Waals surface area contributed by atoms with Crippen molar-refractivity contribution in [2.75, 3.05) is 11.5 Å². The molecule has 0 atom stereocenters. The van der Waals surface area contributed by atoms with Crippen LogP contribution in [0.2, 0.25) is 5.22 Å². The number of hydrogen-bond donors (Lipinski definition) is 2. The first kappa shape index (κ1) is 8.76. The van der Waals surface area contributed by atoms with E-state index in [-0.39, 0.29) is 22.9 Å². The normalized spacial score (nSPS) is 10.4. The van der Waals surface area contributed by atoms with Crippen LogP contribution in [0.25, 0.3) is 11.6 Å². The van der Waals surface area contributed by atoms with Crippen molar-refractivity contribution in [1.82, 2.24) is 15.0 Å². The summed E-state index contributed by atoms with van der Waals surface area (Å²) >= 11 is 5.59. The van der Waals surface area contributed by atoms with Gasteiger partial charge in [0, 0.05) is 0 Å². The summed E-state index contributed by atoms with van der Waals surface area (Å²) in [6.07, 6.45) is 0. The zero-order valence-electron chi connectivity index (χ0n) is 6.94. The number of rotatable bonds is 1. The number of aromatic nitrogens is 3. The van der Waals surface area contributed by atoms with Gasteiger partial charge in [-0.1, -0.05) is 0 Å². The minimum Gasteiger partial charge on any atom is -0.441 e. The van der Waals surface area contributed by atoms with Crippen molar-refractivity contribution in [3.63, 3.8) is 0 Å². The van der Waals surface area contributed by atoms with E-state index in [1.807, 2.05) is 0 Å². The Labute approximate surface area is 83.9 Å². The first-order valence-corrected chi connectivity index (χ1v) is 4.05. The standard InChI is InChI=1S/C7H6ClN5O/c8-4-2-1-3(14-4)5-11-6(9)13-7(10)12-5/h1-2H,(H4,9,10,11,12,13). The lowest BCUT2D eigenvalue weighted by Crippen LogP contribution is -2.03. The Hall–Kier alpha value is -1.82. The van der Waals surface area contributed by atoms with Gasteiger partial charge in [-0.05, 0) is 23.7 Å². The van der Waals surface area contributed by atoms with E-state index in [0.717, 1.165) is 0 Å². The third kappa shape index (κ3) is 1.60. The van der Waals surface area contributed by atoms with Gasteiger partial charge in [0.05, 0.1) is 0 Å². The molecule has 2 aromatic heterocycles. The lowest BCUT2D eigenvalue weighted by molar-refractivity contribution is 0.579. The Morgan fingerprint density at radius 1 is 1.07 bits per heavy atom. The van der Waals surface area contributed by atoms with Gasteiger partial charge < -0.3 is 15.9 Å². The Balaban J connectivity index is 2.51. The molecule has 0 saturated heterocycles. The van der Waals surface area contributed by atoms with Crippen LogP contribution in [0, 0.1) is 0 Å². The Morgan fingerprint density at radius 3 is 2.21 bits per heavy atom. The van der Waals surface area contributed by atoms with E-state index in [1.54, 1.807) is 12.1 Å². The summed E-state index contributed by atoms with van der Waals surface area (Å²) < 4.78 is 5.08. The molecule has 0 saturated carbocycles. The summed E-state index contributed by atoms with van der Waals surface area (Å²) in [6.45, 7) is 0. The number of nitrogens with two attached hydrogens (primary N) is 2. The van der Waals surface area contributed by atoms with E-state index in [1.165, 1.54) is 0 Å². The zero-order chi connectivity index (χ0) is 10.1. The van der Waals surface area contributed by atoms with Gasteiger partial charge in [0.15, 0.2) is 11.0 Å². The predicted molar refractivity (Wildman–Crippen MR) is 51.4 cm³/mol. The largest absolute Gasteiger partial charge is 0.441 e. The fourth-order valence-electron chi connectivity index (χ4n) is 0.954. The molecule has 0 radical (unpaired) electrons. The molecule has 0 aliphatic rings. The van der Waals surface area contributed by atoms with E-state index in [2.05, 4.69) is 15.0 Å². The van der Waals surface area contributed by atoms with Gasteiger partial charge >= 0.3 is 0 Å². The van der Waals surface area contributed by atoms with Crippen LogP contribution >= 0.6 is 11.6 Å². The molecule has 2 aromatic rings. The fourth-order valence-corrected chi connectivity index (χ4v) is 1.10. The van der Waals surface area contributed by atoms with Crippen molar-refractivity contribution in [1.29, 1.82) is 0 Å². The van der Waals surface area contributed by atoms with Crippen LogP contribution in [0.3, 0.4) is 0 Å². The summed E-state index contributed by atoms with van der Waals surface area (Å²) in [5.74, 6) is 0.748. The quantitative estimate of drug-likeness (QED) is 0.728. The van der Waals surface area contributed by atoms with Crippen molar-refractivity contribution in [2.24, 2.45) is 0 Å². The van der Waals surface area contributed by atoms with Gasteiger partial charge in [-0.15, -0.1) is 0 Å². The summed E-state index contributed by atoms with van der Waals surface area (Å²) in [5, 5.41) is 0.248. The van der Waals surface area contributed by atoms with Crippen molar-refractivity contribution in [2.45, 2.75) is 0 Å². The van der Waals surface area contributed by atoms with Crippen LogP contribution in [-0.2, 0) is 0 Å². The van der Waals surface area contributed by atoms with E-state index < -0.39 is 0 Å². The molecule has 0 amide bonds. The van der Waals surface area contributed by atoms with Gasteiger partial charge in [-0.25, -0.2) is 0 Å². The highest BCUT2D eigenvalue weighted by Crippen LogP contribution is 2.22. The van der Waals surface area contributed by atoms with Crippen molar-refractivity contribution >= 4 is 23.5 Å². The summed E-state index contributed by atoms with van der Waals surface area (Å²) in [6, 6.07) is 3.20. The molecule has 4 N–H and O–H groups in total. The first-order chi connectivity index (χ1) is 6.65. The van der Waals surface area contributed by atoms with Crippen LogP contribution in [0.1, 0.15) is 0 Å². The average molecular weight is 212 g/mol. The maximum Gasteiger partial charge on any atom is 0.225 e. The monoisotopic (exact) mass is 211 g/mol. The minimum atomic E-state index is 0.0417. The fraction of sp³-hybridized carbons (Fsp3) is 0. The number of furan rings is 1. The molecular formula is C7H6ClN5O. The van der Waals surface area contributed by atoms with Gasteiger partial charge in [0.1, 0.15) is 0 Å². The molecule has 0 spiro atoms. The summed E-state index contributed by atoms with van der Waals surface area (Å²) in [7, 11) is 0. The molecule has 6 nitrogen and oxygen atoms in total.